The van der Waals surface area contributed by atoms with E-state index in [0.717, 1.165) is 15.4 Å². The van der Waals surface area contributed by atoms with E-state index >= 15 is 0 Å². The summed E-state index contributed by atoms with van der Waals surface area (Å²) < 4.78 is 0.952. The molecule has 0 aliphatic carbocycles. The summed E-state index contributed by atoms with van der Waals surface area (Å²) >= 11 is 6.62. The van der Waals surface area contributed by atoms with Gasteiger partial charge in [-0.05, 0) is 11.6 Å². The van der Waals surface area contributed by atoms with Gasteiger partial charge in [0, 0.05) is 9.80 Å². The quantitative estimate of drug-likeness (QED) is 0.541. The van der Waals surface area contributed by atoms with Crippen LogP contribution < -0.4 is 0 Å². The smallest absolute Gasteiger partial charge is 0.192 e. The maximum absolute atomic E-state index is 6.87. The van der Waals surface area contributed by atoms with E-state index in [1.54, 1.807) is 0 Å². The first-order chi connectivity index (χ1) is 5.27. The third kappa shape index (κ3) is 2.05. The second kappa shape index (κ2) is 3.89. The zero-order valence-corrected chi connectivity index (χ0v) is 8.81. The van der Waals surface area contributed by atoms with Gasteiger partial charge in [-0.15, -0.1) is 0 Å². The van der Waals surface area contributed by atoms with Crippen molar-refractivity contribution in [3.05, 3.63) is 39.7 Å². The van der Waals surface area contributed by atoms with Gasteiger partial charge in [0.25, 0.3) is 0 Å². The molecule has 0 bridgehead atoms. The van der Waals surface area contributed by atoms with Gasteiger partial charge < -0.3 is 0 Å². The Hall–Kier alpha value is -0.330. The normalized spacial score (nSPS) is 9.18. The van der Waals surface area contributed by atoms with E-state index in [4.69, 9.17) is 6.57 Å². The van der Waals surface area contributed by atoms with Gasteiger partial charge in [0.2, 0.25) is 0 Å². The van der Waals surface area contributed by atoms with Crippen LogP contribution in [0.4, 0.5) is 5.69 Å². The molecule has 0 saturated carbocycles. The van der Waals surface area contributed by atoms with Crippen LogP contribution in [0.15, 0.2) is 22.7 Å². The third-order valence-corrected chi connectivity index (χ3v) is 2.41. The Morgan fingerprint density at radius 3 is 2.73 bits per heavy atom. The lowest BCUT2D eigenvalue weighted by atomic mass is 10.2. The zero-order chi connectivity index (χ0) is 8.27. The van der Waals surface area contributed by atoms with Crippen molar-refractivity contribution < 1.29 is 0 Å². The van der Waals surface area contributed by atoms with Gasteiger partial charge in [-0.25, -0.2) is 4.85 Å². The van der Waals surface area contributed by atoms with E-state index in [9.17, 15) is 0 Å². The highest BCUT2D eigenvalue weighted by Gasteiger charge is 1.99. The maximum Gasteiger partial charge on any atom is 0.192 e. The summed E-state index contributed by atoms with van der Waals surface area (Å²) in [4.78, 5) is 3.39. The number of nitrogens with zero attached hydrogens (tertiary/aromatic N) is 1. The number of benzene rings is 1. The Kier molecular flexibility index (Phi) is 3.10. The molecule has 56 valence electrons. The van der Waals surface area contributed by atoms with Gasteiger partial charge in [0.1, 0.15) is 0 Å². The second-order valence-electron chi connectivity index (χ2n) is 2.02. The fourth-order valence-electron chi connectivity index (χ4n) is 0.754. The molecule has 1 nitrogen and oxygen atoms in total. The highest BCUT2D eigenvalue weighted by molar-refractivity contribution is 9.10. The van der Waals surface area contributed by atoms with Crippen molar-refractivity contribution in [2.75, 3.05) is 0 Å². The summed E-state index contributed by atoms with van der Waals surface area (Å²) in [5, 5.41) is 0.734. The van der Waals surface area contributed by atoms with Gasteiger partial charge >= 0.3 is 0 Å². The maximum atomic E-state index is 6.87. The number of hydrogen-bond acceptors (Lipinski definition) is 0. The number of halogens is 2. The van der Waals surface area contributed by atoms with Crippen LogP contribution in [0.3, 0.4) is 0 Å². The minimum Gasteiger partial charge on any atom is -0.238 e. The lowest BCUT2D eigenvalue weighted by Gasteiger charge is -1.98. The fourth-order valence-corrected chi connectivity index (χ4v) is 1.58. The lowest BCUT2D eigenvalue weighted by Crippen LogP contribution is -1.76. The average molecular weight is 275 g/mol. The Balaban J connectivity index is 3.19. The molecular formula is C8H5Br2N. The molecule has 0 aromatic heterocycles. The molecule has 1 aromatic rings. The van der Waals surface area contributed by atoms with Crippen LogP contribution in [-0.4, -0.2) is 0 Å². The van der Waals surface area contributed by atoms with Crippen LogP contribution in [0.1, 0.15) is 5.56 Å². The highest BCUT2D eigenvalue weighted by atomic mass is 79.9. The minimum absolute atomic E-state index is 0.705. The summed E-state index contributed by atoms with van der Waals surface area (Å²) in [6.07, 6.45) is 0. The SMILES string of the molecule is [C-]#[N+]c1cc(Br)ccc1CBr. The Bertz CT molecular complexity index is 301. The number of alkyl halides is 1. The lowest BCUT2D eigenvalue weighted by molar-refractivity contribution is 1.44. The van der Waals surface area contributed by atoms with Crippen molar-refractivity contribution in [3.8, 4) is 0 Å². The van der Waals surface area contributed by atoms with E-state index in [2.05, 4.69) is 36.7 Å². The van der Waals surface area contributed by atoms with Gasteiger partial charge in [0.15, 0.2) is 5.69 Å². The first kappa shape index (κ1) is 8.76. The molecule has 11 heavy (non-hydrogen) atoms. The Labute approximate surface area is 82.5 Å². The molecule has 0 N–H and O–H groups in total. The predicted octanol–water partition coefficient (Wildman–Crippen LogP) is 3.89. The molecule has 0 amide bonds. The molecule has 1 aromatic carbocycles. The van der Waals surface area contributed by atoms with Crippen LogP contribution in [0, 0.1) is 6.57 Å². The minimum atomic E-state index is 0.705. The predicted molar refractivity (Wildman–Crippen MR) is 53.0 cm³/mol. The van der Waals surface area contributed by atoms with E-state index in [-0.39, 0.29) is 0 Å². The molecule has 0 radical (unpaired) electrons. The van der Waals surface area contributed by atoms with Crippen LogP contribution >= 0.6 is 31.9 Å². The van der Waals surface area contributed by atoms with E-state index in [1.165, 1.54) is 0 Å². The Morgan fingerprint density at radius 2 is 2.18 bits per heavy atom. The topological polar surface area (TPSA) is 4.36 Å². The molecule has 0 unspecified atom stereocenters. The summed E-state index contributed by atoms with van der Waals surface area (Å²) in [6, 6.07) is 5.70. The molecule has 0 saturated heterocycles. The van der Waals surface area contributed by atoms with Crippen molar-refractivity contribution in [1.29, 1.82) is 0 Å². The number of hydrogen-bond donors (Lipinski definition) is 0. The Morgan fingerprint density at radius 1 is 1.45 bits per heavy atom. The zero-order valence-electron chi connectivity index (χ0n) is 5.64. The van der Waals surface area contributed by atoms with E-state index in [1.807, 2.05) is 18.2 Å². The summed E-state index contributed by atoms with van der Waals surface area (Å²) in [5.74, 6) is 0. The van der Waals surface area contributed by atoms with Crippen molar-refractivity contribution >= 4 is 37.5 Å². The second-order valence-corrected chi connectivity index (χ2v) is 3.49. The molecule has 0 atom stereocenters. The molecule has 0 aliphatic heterocycles. The number of rotatable bonds is 1. The molecule has 0 aliphatic rings. The molecule has 0 heterocycles. The molecule has 1 rings (SSSR count). The van der Waals surface area contributed by atoms with Gasteiger partial charge in [-0.1, -0.05) is 44.0 Å². The third-order valence-electron chi connectivity index (χ3n) is 1.31. The average Bonchev–Trinajstić information content (AvgIpc) is 2.04. The first-order valence-corrected chi connectivity index (χ1v) is 4.91. The fraction of sp³-hybridized carbons (Fsp3) is 0.125. The molecule has 3 heteroatoms. The largest absolute Gasteiger partial charge is 0.238 e. The van der Waals surface area contributed by atoms with E-state index in [0.29, 0.717) is 5.69 Å². The summed E-state index contributed by atoms with van der Waals surface area (Å²) in [5.41, 5.74) is 1.74. The van der Waals surface area contributed by atoms with Gasteiger partial charge in [0.05, 0.1) is 6.57 Å². The van der Waals surface area contributed by atoms with Crippen LogP contribution in [0.25, 0.3) is 4.85 Å². The molecule has 0 fully saturated rings. The van der Waals surface area contributed by atoms with E-state index < -0.39 is 0 Å². The molecule has 0 spiro atoms. The molecular weight excluding hydrogens is 270 g/mol. The summed E-state index contributed by atoms with van der Waals surface area (Å²) in [6.45, 7) is 6.87. The van der Waals surface area contributed by atoms with Crippen molar-refractivity contribution in [3.63, 3.8) is 0 Å². The van der Waals surface area contributed by atoms with Crippen molar-refractivity contribution in [2.24, 2.45) is 0 Å². The monoisotopic (exact) mass is 273 g/mol. The first-order valence-electron chi connectivity index (χ1n) is 3.00. The van der Waals surface area contributed by atoms with Crippen molar-refractivity contribution in [1.82, 2.24) is 0 Å². The van der Waals surface area contributed by atoms with Crippen LogP contribution in [0.5, 0.6) is 0 Å². The van der Waals surface area contributed by atoms with Crippen LogP contribution in [-0.2, 0) is 5.33 Å². The standard InChI is InChI=1S/C8H5Br2N/c1-11-8-4-7(10)3-2-6(8)5-9/h2-4H,5H2. The van der Waals surface area contributed by atoms with Gasteiger partial charge in [-0.2, -0.15) is 0 Å². The summed E-state index contributed by atoms with van der Waals surface area (Å²) in [7, 11) is 0. The van der Waals surface area contributed by atoms with Crippen LogP contribution in [0.2, 0.25) is 0 Å². The van der Waals surface area contributed by atoms with Gasteiger partial charge in [-0.3, -0.25) is 0 Å². The van der Waals surface area contributed by atoms with Crippen molar-refractivity contribution in [2.45, 2.75) is 5.33 Å². The highest BCUT2D eigenvalue weighted by Crippen LogP contribution is 2.25.